The van der Waals surface area contributed by atoms with Crippen LogP contribution in [-0.4, -0.2) is 84.1 Å². The number of halogens is 10. The summed E-state index contributed by atoms with van der Waals surface area (Å²) in [4.78, 5) is 43.9. The number of hydrogen-bond acceptors (Lipinski definition) is 11. The van der Waals surface area contributed by atoms with E-state index in [4.69, 9.17) is 21.1 Å². The van der Waals surface area contributed by atoms with Gasteiger partial charge in [-0.2, -0.15) is 44.5 Å². The number of benzene rings is 2. The number of Topliss-reactive ketones (excluding diaryl/α,β-unsaturated/α-hetero) is 2. The summed E-state index contributed by atoms with van der Waals surface area (Å²) in [5.74, 6) is -4.05. The van der Waals surface area contributed by atoms with Gasteiger partial charge >= 0.3 is 30.1 Å². The molecule has 6 bridgehead atoms. The molecule has 2 aromatic carbocycles. The van der Waals surface area contributed by atoms with E-state index >= 15 is 0 Å². The number of carbonyl (C=O) groups excluding carboxylic acids is 3. The molecule has 4 heterocycles. The monoisotopic (exact) mass is 791 g/mol. The number of nitrogens with one attached hydrogen (secondary N) is 3. The third kappa shape index (κ3) is 12.3. The summed E-state index contributed by atoms with van der Waals surface area (Å²) in [6.07, 6.45) is -13.0. The molecule has 0 atom stereocenters. The van der Waals surface area contributed by atoms with Crippen molar-refractivity contribution in [1.82, 2.24) is 20.3 Å². The second-order valence-corrected chi connectivity index (χ2v) is 11.5. The molecule has 0 saturated carbocycles. The molecule has 1 fully saturated rings. The molecule has 54 heavy (non-hydrogen) atoms. The first-order chi connectivity index (χ1) is 25.3. The summed E-state index contributed by atoms with van der Waals surface area (Å²) < 4.78 is 104. The SMILES string of the molecule is Clc1cnc2nc1Nc1cccc(c1)OCCc1cc(cc(-c3ccnc(N4CCNCC4)c3)c1)N2.O=C(C(=O)C(F)(F)F)C(F)(F)F.O=CC(F)(F)F. The Labute approximate surface area is 304 Å². The van der Waals surface area contributed by atoms with E-state index in [1.165, 1.54) is 0 Å². The zero-order valence-electron chi connectivity index (χ0n) is 27.4. The lowest BCUT2D eigenvalue weighted by Crippen LogP contribution is -2.43. The Morgan fingerprint density at radius 1 is 0.815 bits per heavy atom. The quantitative estimate of drug-likeness (QED) is 0.112. The molecule has 0 radical (unpaired) electrons. The summed E-state index contributed by atoms with van der Waals surface area (Å²) in [6, 6.07) is 18.4. The van der Waals surface area contributed by atoms with Crippen LogP contribution in [0.25, 0.3) is 11.1 Å². The van der Waals surface area contributed by atoms with Gasteiger partial charge in [-0.15, -0.1) is 0 Å². The number of pyridine rings is 1. The number of aldehydes is 1. The smallest absolute Gasteiger partial charge is 0.458 e. The zero-order valence-corrected chi connectivity index (χ0v) is 28.1. The first kappa shape index (κ1) is 41.3. The fourth-order valence-corrected chi connectivity index (χ4v) is 4.87. The van der Waals surface area contributed by atoms with Crippen molar-refractivity contribution in [2.24, 2.45) is 0 Å². The van der Waals surface area contributed by atoms with Crippen molar-refractivity contribution >= 4 is 58.4 Å². The highest BCUT2D eigenvalue weighted by molar-refractivity contribution is 6.41. The highest BCUT2D eigenvalue weighted by Gasteiger charge is 2.54. The second kappa shape index (κ2) is 17.5. The topological polar surface area (TPSA) is 138 Å². The number of alkyl halides is 9. The Morgan fingerprint density at radius 3 is 2.11 bits per heavy atom. The van der Waals surface area contributed by atoms with E-state index in [2.05, 4.69) is 66.1 Å². The van der Waals surface area contributed by atoms with Crippen LogP contribution in [0.15, 0.2) is 67.0 Å². The maximum absolute atomic E-state index is 11.2. The second-order valence-electron chi connectivity index (χ2n) is 11.1. The first-order valence-electron chi connectivity index (χ1n) is 15.4. The zero-order chi connectivity index (χ0) is 39.7. The van der Waals surface area contributed by atoms with Crippen LogP contribution >= 0.6 is 11.6 Å². The van der Waals surface area contributed by atoms with E-state index in [0.29, 0.717) is 23.4 Å². The van der Waals surface area contributed by atoms with Crippen LogP contribution in [0.1, 0.15) is 5.56 Å². The van der Waals surface area contributed by atoms with Gasteiger partial charge in [0, 0.05) is 56.2 Å². The van der Waals surface area contributed by atoms with Gasteiger partial charge in [0.15, 0.2) is 5.82 Å². The van der Waals surface area contributed by atoms with Crippen LogP contribution in [-0.2, 0) is 20.8 Å². The minimum Gasteiger partial charge on any atom is -0.493 e. The summed E-state index contributed by atoms with van der Waals surface area (Å²) in [5, 5.41) is 10.5. The van der Waals surface area contributed by atoms with Gasteiger partial charge in [0.2, 0.25) is 12.2 Å². The van der Waals surface area contributed by atoms with Crippen LogP contribution in [0.5, 0.6) is 5.75 Å². The van der Waals surface area contributed by atoms with Crippen LogP contribution in [0, 0.1) is 0 Å². The van der Waals surface area contributed by atoms with E-state index in [1.807, 2.05) is 30.5 Å². The lowest BCUT2D eigenvalue weighted by atomic mass is 10.0. The van der Waals surface area contributed by atoms with Gasteiger partial charge < -0.3 is 25.6 Å². The van der Waals surface area contributed by atoms with Gasteiger partial charge in [0.25, 0.3) is 0 Å². The van der Waals surface area contributed by atoms with E-state index < -0.39 is 36.4 Å². The maximum atomic E-state index is 11.2. The molecular formula is C33H27ClF9N7O4. The summed E-state index contributed by atoms with van der Waals surface area (Å²) in [6.45, 7) is 4.39. The molecule has 0 unspecified atom stereocenters. The molecule has 2 aromatic heterocycles. The van der Waals surface area contributed by atoms with Gasteiger partial charge in [-0.3, -0.25) is 14.4 Å². The van der Waals surface area contributed by atoms with E-state index in [-0.39, 0.29) is 0 Å². The number of aromatic nitrogens is 3. The third-order valence-electron chi connectivity index (χ3n) is 7.12. The van der Waals surface area contributed by atoms with Gasteiger partial charge in [-0.25, -0.2) is 9.97 Å². The van der Waals surface area contributed by atoms with Crippen LogP contribution < -0.4 is 25.6 Å². The molecule has 6 rings (SSSR count). The third-order valence-corrected chi connectivity index (χ3v) is 7.40. The minimum atomic E-state index is -5.77. The molecule has 288 valence electrons. The number of fused-ring (bicyclic) bond motifs is 6. The Balaban J connectivity index is 0.000000301. The number of anilines is 5. The number of hydrogen-bond donors (Lipinski definition) is 3. The average molecular weight is 792 g/mol. The standard InChI is InChI=1S/C27H26ClN7O.C4F6O2.C2HF3O/c28-24-17-31-27-33-22-13-18(5-11-36-23-3-1-2-21(16-23)32-26(24)34-27)12-20(14-22)19-4-6-30-25(15-19)35-9-7-29-8-10-35;5-3(6,7)1(11)2(12)4(8,9)10;3-2(4,5)1-6/h1-4,6,12-17,29H,5,7-11H2,(H2,31,32,33,34);;1H. The first-order valence-corrected chi connectivity index (χ1v) is 15.8. The Hall–Kier alpha value is -5.50. The molecule has 2 aliphatic rings. The predicted molar refractivity (Wildman–Crippen MR) is 178 cm³/mol. The van der Waals surface area contributed by atoms with Gasteiger partial charge in [0.05, 0.1) is 12.8 Å². The van der Waals surface area contributed by atoms with Crippen LogP contribution in [0.4, 0.5) is 68.5 Å². The largest absolute Gasteiger partial charge is 0.493 e. The van der Waals surface area contributed by atoms with Crippen molar-refractivity contribution in [1.29, 1.82) is 0 Å². The molecule has 21 heteroatoms. The van der Waals surface area contributed by atoms with Gasteiger partial charge in [-0.1, -0.05) is 23.7 Å². The number of nitrogens with zero attached hydrogens (tertiary/aromatic N) is 4. The Bertz CT molecular complexity index is 1930. The fraction of sp³-hybridized carbons (Fsp3) is 0.273. The van der Waals surface area contributed by atoms with Crippen molar-refractivity contribution in [2.75, 3.05) is 48.3 Å². The maximum Gasteiger partial charge on any atom is 0.458 e. The minimum absolute atomic E-state index is 0.436. The van der Waals surface area contributed by atoms with E-state index in [0.717, 1.165) is 72.2 Å². The van der Waals surface area contributed by atoms with Crippen molar-refractivity contribution in [3.05, 3.63) is 77.6 Å². The molecule has 0 amide bonds. The molecule has 0 spiro atoms. The molecule has 1 saturated heterocycles. The number of ketones is 2. The molecule has 3 N–H and O–H groups in total. The van der Waals surface area contributed by atoms with Gasteiger partial charge in [0.1, 0.15) is 16.6 Å². The fourth-order valence-electron chi connectivity index (χ4n) is 4.73. The summed E-state index contributed by atoms with van der Waals surface area (Å²) in [5.41, 5.74) is 5.09. The number of carbonyl (C=O) groups is 3. The van der Waals surface area contributed by atoms with E-state index in [1.54, 1.807) is 6.20 Å². The van der Waals surface area contributed by atoms with Crippen molar-refractivity contribution in [2.45, 2.75) is 24.9 Å². The highest BCUT2D eigenvalue weighted by atomic mass is 35.5. The number of piperazine rings is 1. The lowest BCUT2D eigenvalue weighted by Gasteiger charge is -2.28. The molecule has 0 aliphatic carbocycles. The predicted octanol–water partition coefficient (Wildman–Crippen LogP) is 7.02. The Kier molecular flexibility index (Phi) is 13.4. The van der Waals surface area contributed by atoms with Crippen LogP contribution in [0.3, 0.4) is 0 Å². The summed E-state index contributed by atoms with van der Waals surface area (Å²) in [7, 11) is 0. The summed E-state index contributed by atoms with van der Waals surface area (Å²) >= 11 is 6.38. The number of ether oxygens (including phenoxy) is 1. The highest BCUT2D eigenvalue weighted by Crippen LogP contribution is 2.31. The van der Waals surface area contributed by atoms with Gasteiger partial charge in [-0.05, 0) is 53.1 Å². The lowest BCUT2D eigenvalue weighted by molar-refractivity contribution is -0.193. The molecule has 4 aromatic rings. The molecular weight excluding hydrogens is 765 g/mol. The van der Waals surface area contributed by atoms with Crippen molar-refractivity contribution in [3.63, 3.8) is 0 Å². The van der Waals surface area contributed by atoms with E-state index in [9.17, 15) is 49.1 Å². The number of rotatable bonds is 3. The average Bonchev–Trinajstić information content (AvgIpc) is 3.12. The normalized spacial score (nSPS) is 14.2. The van der Waals surface area contributed by atoms with Crippen molar-refractivity contribution < 1.29 is 58.6 Å². The molecule has 2 aliphatic heterocycles. The Morgan fingerprint density at radius 2 is 1.48 bits per heavy atom. The van der Waals surface area contributed by atoms with Crippen LogP contribution in [0.2, 0.25) is 5.02 Å². The molecule has 11 nitrogen and oxygen atoms in total. The van der Waals surface area contributed by atoms with Crippen molar-refractivity contribution in [3.8, 4) is 16.9 Å².